The number of hydrogen-bond donors (Lipinski definition) is 0. The lowest BCUT2D eigenvalue weighted by Gasteiger charge is -2.08. The van der Waals surface area contributed by atoms with Crippen LogP contribution in [0, 0.1) is 11.6 Å². The van der Waals surface area contributed by atoms with Gasteiger partial charge in [0.15, 0.2) is 0 Å². The molecule has 0 amide bonds. The fourth-order valence-electron chi connectivity index (χ4n) is 2.62. The third kappa shape index (κ3) is 11.5. The second kappa shape index (κ2) is 15.1. The molecule has 0 aromatic carbocycles. The lowest BCUT2D eigenvalue weighted by atomic mass is 9.40. The fourth-order valence-corrected chi connectivity index (χ4v) is 2.62. The predicted molar refractivity (Wildman–Crippen MR) is 98.1 cm³/mol. The highest BCUT2D eigenvalue weighted by Gasteiger charge is 2.12. The van der Waals surface area contributed by atoms with Crippen molar-refractivity contribution in [3.05, 3.63) is 0 Å². The minimum Gasteiger partial charge on any atom is -0.167 e. The van der Waals surface area contributed by atoms with Crippen molar-refractivity contribution in [2.24, 2.45) is 0 Å². The molecule has 0 aliphatic heterocycles. The van der Waals surface area contributed by atoms with Gasteiger partial charge in [-0.15, -0.1) is 0 Å². The Morgan fingerprint density at radius 2 is 0.750 bits per heavy atom. The van der Waals surface area contributed by atoms with Crippen molar-refractivity contribution in [3.8, 4) is 11.6 Å². The van der Waals surface area contributed by atoms with Crippen LogP contribution in [0.4, 0.5) is 0 Å². The Morgan fingerprint density at radius 1 is 0.500 bits per heavy atom. The average molecular weight is 274 g/mol. The Kier molecular flexibility index (Phi) is 14.9. The van der Waals surface area contributed by atoms with Crippen LogP contribution in [0.5, 0.6) is 0 Å². The molecule has 0 spiro atoms. The van der Waals surface area contributed by atoms with E-state index in [2.05, 4.69) is 39.3 Å². The molecule has 0 radical (unpaired) electrons. The number of hydrogen-bond acceptors (Lipinski definition) is 0. The summed E-state index contributed by atoms with van der Waals surface area (Å²) in [4.78, 5) is 0. The first kappa shape index (κ1) is 19.7. The molecule has 114 valence electrons. The van der Waals surface area contributed by atoms with Gasteiger partial charge in [-0.2, -0.15) is 11.6 Å². The molecular weight excluding hydrogens is 238 g/mol. The van der Waals surface area contributed by atoms with Crippen LogP contribution in [-0.2, 0) is 0 Å². The van der Waals surface area contributed by atoms with E-state index in [4.69, 9.17) is 0 Å². The third-order valence-electron chi connectivity index (χ3n) is 4.12. The first-order valence-electron chi connectivity index (χ1n) is 9.29. The summed E-state index contributed by atoms with van der Waals surface area (Å²) in [5.41, 5.74) is 0. The van der Waals surface area contributed by atoms with Gasteiger partial charge in [-0.3, -0.25) is 0 Å². The van der Waals surface area contributed by atoms with E-state index in [1.807, 2.05) is 0 Å². The van der Waals surface area contributed by atoms with E-state index in [1.54, 1.807) is 0 Å². The Morgan fingerprint density at radius 3 is 0.950 bits per heavy atom. The summed E-state index contributed by atoms with van der Waals surface area (Å²) in [5.74, 6) is 7.31. The zero-order chi connectivity index (χ0) is 15.1. The maximum atomic E-state index is 3.66. The topological polar surface area (TPSA) is 0 Å². The maximum absolute atomic E-state index is 3.66. The van der Waals surface area contributed by atoms with Crippen molar-refractivity contribution in [3.63, 3.8) is 0 Å². The van der Waals surface area contributed by atoms with E-state index in [0.717, 1.165) is 0 Å². The molecule has 0 unspecified atom stereocenters. The minimum atomic E-state index is 0.667. The van der Waals surface area contributed by atoms with Gasteiger partial charge in [0.2, 0.25) is 13.4 Å². The van der Waals surface area contributed by atoms with E-state index >= 15 is 0 Å². The second-order valence-electron chi connectivity index (χ2n) is 6.25. The Labute approximate surface area is 130 Å². The molecule has 0 nitrogen and oxygen atoms in total. The smallest absolute Gasteiger partial charge is 0.167 e. The summed E-state index contributed by atoms with van der Waals surface area (Å²) in [7, 11) is 0. The molecule has 20 heavy (non-hydrogen) atoms. The van der Waals surface area contributed by atoms with Gasteiger partial charge in [0.1, 0.15) is 0 Å². The minimum absolute atomic E-state index is 0.667. The quantitative estimate of drug-likeness (QED) is 0.291. The van der Waals surface area contributed by atoms with Gasteiger partial charge in [-0.05, 0) is 0 Å². The van der Waals surface area contributed by atoms with E-state index in [9.17, 15) is 0 Å². The van der Waals surface area contributed by atoms with Crippen molar-refractivity contribution in [2.45, 2.75) is 104 Å². The summed E-state index contributed by atoms with van der Waals surface area (Å²) in [5, 5.41) is 0. The molecule has 0 atom stereocenters. The van der Waals surface area contributed by atoms with Gasteiger partial charge in [0.25, 0.3) is 0 Å². The lowest BCUT2D eigenvalue weighted by molar-refractivity contribution is 0.845. The van der Waals surface area contributed by atoms with Gasteiger partial charge >= 0.3 is 0 Å². The lowest BCUT2D eigenvalue weighted by Crippen LogP contribution is -2.14. The summed E-state index contributed by atoms with van der Waals surface area (Å²) >= 11 is 0. The van der Waals surface area contributed by atoms with Crippen LogP contribution < -0.4 is 0 Å². The number of rotatable bonds is 12. The number of unbranched alkanes of at least 4 members (excludes halogenated alkanes) is 4. The molecule has 0 fully saturated rings. The van der Waals surface area contributed by atoms with Crippen molar-refractivity contribution >= 4 is 13.4 Å². The molecule has 0 rings (SSSR count). The largest absolute Gasteiger partial charge is 0.229 e. The normalized spacial score (nSPS) is 10.0. The molecule has 0 saturated carbocycles. The van der Waals surface area contributed by atoms with Gasteiger partial charge in [0, 0.05) is 0 Å². The second-order valence-corrected chi connectivity index (χ2v) is 6.25. The van der Waals surface area contributed by atoms with E-state index in [1.165, 1.54) is 76.6 Å². The molecule has 0 bridgehead atoms. The van der Waals surface area contributed by atoms with Crippen LogP contribution in [0.3, 0.4) is 0 Å². The highest BCUT2D eigenvalue weighted by atomic mass is 13.9. The van der Waals surface area contributed by atoms with Crippen LogP contribution in [0.25, 0.3) is 0 Å². The van der Waals surface area contributed by atoms with E-state index in [-0.39, 0.29) is 0 Å². The predicted octanol–water partition coefficient (Wildman–Crippen LogP) is 6.26. The summed E-state index contributed by atoms with van der Waals surface area (Å²) in [6, 6.07) is 0. The zero-order valence-corrected chi connectivity index (χ0v) is 14.6. The summed E-state index contributed by atoms with van der Waals surface area (Å²) in [6.07, 6.45) is 15.9. The summed E-state index contributed by atoms with van der Waals surface area (Å²) in [6.45, 7) is 10.5. The molecular formula is C18H36B2. The van der Waals surface area contributed by atoms with Gasteiger partial charge in [-0.25, -0.2) is 0 Å². The van der Waals surface area contributed by atoms with Gasteiger partial charge in [0.05, 0.1) is 0 Å². The first-order chi connectivity index (χ1) is 9.78. The summed E-state index contributed by atoms with van der Waals surface area (Å²) < 4.78 is 0. The van der Waals surface area contributed by atoms with E-state index < -0.39 is 0 Å². The first-order valence-corrected chi connectivity index (χ1v) is 9.29. The monoisotopic (exact) mass is 274 g/mol. The molecule has 2 heteroatoms. The molecule has 0 aliphatic carbocycles. The highest BCUT2D eigenvalue weighted by molar-refractivity contribution is 6.73. The molecule has 0 aromatic heterocycles. The fraction of sp³-hybridized carbons (Fsp3) is 0.889. The SMILES string of the molecule is CCCCB(C#CB(CCCC)CCCC)CCCC. The standard InChI is InChI=1S/C18H36B2/c1-5-9-13-19(14-10-6-2)17-18-20(15-11-7-3)16-12-8-4/h5-16H2,1-4H3. The van der Waals surface area contributed by atoms with Crippen molar-refractivity contribution in [2.75, 3.05) is 0 Å². The van der Waals surface area contributed by atoms with Gasteiger partial charge in [-0.1, -0.05) is 104 Å². The molecule has 0 N–H and O–H groups in total. The Hall–Kier alpha value is -0.310. The Bertz CT molecular complexity index is 212. The Balaban J connectivity index is 4.40. The molecule has 0 heterocycles. The van der Waals surface area contributed by atoms with Crippen molar-refractivity contribution < 1.29 is 0 Å². The van der Waals surface area contributed by atoms with Crippen LogP contribution in [0.15, 0.2) is 0 Å². The molecule has 0 saturated heterocycles. The zero-order valence-electron chi connectivity index (χ0n) is 14.6. The third-order valence-corrected chi connectivity index (χ3v) is 4.12. The van der Waals surface area contributed by atoms with Crippen LogP contribution >= 0.6 is 0 Å². The maximum Gasteiger partial charge on any atom is 0.229 e. The van der Waals surface area contributed by atoms with Crippen LogP contribution in [0.1, 0.15) is 79.1 Å². The average Bonchev–Trinajstić information content (AvgIpc) is 2.48. The van der Waals surface area contributed by atoms with Gasteiger partial charge < -0.3 is 0 Å². The van der Waals surface area contributed by atoms with Crippen molar-refractivity contribution in [1.82, 2.24) is 0 Å². The van der Waals surface area contributed by atoms with E-state index in [0.29, 0.717) is 13.4 Å². The van der Waals surface area contributed by atoms with Crippen molar-refractivity contribution in [1.29, 1.82) is 0 Å². The highest BCUT2D eigenvalue weighted by Crippen LogP contribution is 2.12. The van der Waals surface area contributed by atoms with Crippen LogP contribution in [0.2, 0.25) is 25.3 Å². The van der Waals surface area contributed by atoms with Crippen LogP contribution in [-0.4, -0.2) is 13.4 Å². The molecule has 0 aromatic rings. The molecule has 0 aliphatic rings.